The normalized spacial score (nSPS) is 13.0. The second-order valence-corrected chi connectivity index (χ2v) is 8.66. The highest BCUT2D eigenvalue weighted by Gasteiger charge is 2.26. The van der Waals surface area contributed by atoms with E-state index in [4.69, 9.17) is 14.8 Å². The third-order valence-electron chi connectivity index (χ3n) is 5.09. The van der Waals surface area contributed by atoms with Crippen molar-refractivity contribution in [2.24, 2.45) is 0 Å². The maximum atomic E-state index is 13.0. The number of carbonyl (C=O) groups excluding carboxylic acids is 1. The van der Waals surface area contributed by atoms with E-state index in [1.807, 2.05) is 50.2 Å². The first kappa shape index (κ1) is 18.8. The van der Waals surface area contributed by atoms with E-state index < -0.39 is 0 Å². The third kappa shape index (κ3) is 3.45. The van der Waals surface area contributed by atoms with Crippen LogP contribution in [-0.4, -0.2) is 26.8 Å². The fraction of sp³-hybridized carbons (Fsp3) is 0.261. The minimum atomic E-state index is -0.164. The highest BCUT2D eigenvalue weighted by molar-refractivity contribution is 7.20. The summed E-state index contributed by atoms with van der Waals surface area (Å²) < 4.78 is 8.56. The molecule has 0 aliphatic heterocycles. The Kier molecular flexibility index (Phi) is 4.75. The maximum absolute atomic E-state index is 13.0. The van der Waals surface area contributed by atoms with Gasteiger partial charge in [-0.1, -0.05) is 23.5 Å². The van der Waals surface area contributed by atoms with Crippen molar-refractivity contribution in [3.8, 4) is 10.9 Å². The van der Waals surface area contributed by atoms with Crippen LogP contribution in [0.15, 0.2) is 48.5 Å². The quantitative estimate of drug-likeness (QED) is 0.495. The van der Waals surface area contributed by atoms with Crippen LogP contribution in [0.4, 0.5) is 5.82 Å². The Morgan fingerprint density at radius 3 is 2.70 bits per heavy atom. The Hall–Kier alpha value is -3.19. The van der Waals surface area contributed by atoms with Crippen LogP contribution in [0.3, 0.4) is 0 Å². The lowest BCUT2D eigenvalue weighted by Gasteiger charge is -2.11. The summed E-state index contributed by atoms with van der Waals surface area (Å²) in [5.41, 5.74) is 3.67. The largest absolute Gasteiger partial charge is 0.491 e. The summed E-state index contributed by atoms with van der Waals surface area (Å²) in [4.78, 5) is 17.7. The molecule has 0 spiro atoms. The van der Waals surface area contributed by atoms with E-state index >= 15 is 0 Å². The number of benzene rings is 2. The third-order valence-corrected chi connectivity index (χ3v) is 6.10. The van der Waals surface area contributed by atoms with Crippen LogP contribution < -0.4 is 10.1 Å². The highest BCUT2D eigenvalue weighted by atomic mass is 32.1. The number of aryl methyl sites for hydroxylation is 1. The van der Waals surface area contributed by atoms with Crippen molar-refractivity contribution in [1.82, 2.24) is 14.8 Å². The molecule has 2 heterocycles. The molecule has 5 rings (SSSR count). The number of anilines is 1. The summed E-state index contributed by atoms with van der Waals surface area (Å²) in [5.74, 6) is 1.32. The molecule has 30 heavy (non-hydrogen) atoms. The Labute approximate surface area is 178 Å². The van der Waals surface area contributed by atoms with Gasteiger partial charge >= 0.3 is 0 Å². The SMILES string of the molecule is CC(C)Oc1ccc(C(=O)Nc2c3c(nn2-c2nc4ccccc4s2)CCC3)cc1. The number of nitrogens with one attached hydrogen (secondary N) is 1. The summed E-state index contributed by atoms with van der Waals surface area (Å²) in [6.07, 6.45) is 2.99. The van der Waals surface area contributed by atoms with Crippen LogP contribution in [0.25, 0.3) is 15.3 Å². The number of fused-ring (bicyclic) bond motifs is 2. The zero-order valence-electron chi connectivity index (χ0n) is 16.9. The van der Waals surface area contributed by atoms with E-state index in [2.05, 4.69) is 5.32 Å². The van der Waals surface area contributed by atoms with Gasteiger partial charge in [0, 0.05) is 11.1 Å². The van der Waals surface area contributed by atoms with Crippen LogP contribution in [0.1, 0.15) is 41.9 Å². The van der Waals surface area contributed by atoms with Crippen LogP contribution in [0, 0.1) is 0 Å². The summed E-state index contributed by atoms with van der Waals surface area (Å²) >= 11 is 1.57. The Balaban J connectivity index is 1.47. The van der Waals surface area contributed by atoms with Crippen molar-refractivity contribution in [2.75, 3.05) is 5.32 Å². The first-order valence-corrected chi connectivity index (χ1v) is 10.9. The lowest BCUT2D eigenvalue weighted by Crippen LogP contribution is -2.16. The van der Waals surface area contributed by atoms with Crippen molar-refractivity contribution in [3.63, 3.8) is 0 Å². The van der Waals surface area contributed by atoms with E-state index in [0.29, 0.717) is 5.56 Å². The van der Waals surface area contributed by atoms with Crippen molar-refractivity contribution in [3.05, 3.63) is 65.4 Å². The molecule has 0 saturated heterocycles. The van der Waals surface area contributed by atoms with E-state index in [1.54, 1.807) is 28.2 Å². The fourth-order valence-corrected chi connectivity index (χ4v) is 4.67. The molecule has 0 fully saturated rings. The second-order valence-electron chi connectivity index (χ2n) is 7.65. The van der Waals surface area contributed by atoms with Gasteiger partial charge in [-0.15, -0.1) is 0 Å². The minimum Gasteiger partial charge on any atom is -0.491 e. The summed E-state index contributed by atoms with van der Waals surface area (Å²) in [6, 6.07) is 15.2. The minimum absolute atomic E-state index is 0.0930. The van der Waals surface area contributed by atoms with Gasteiger partial charge in [0.05, 0.1) is 22.0 Å². The van der Waals surface area contributed by atoms with Gasteiger partial charge in [0.25, 0.3) is 5.91 Å². The van der Waals surface area contributed by atoms with Gasteiger partial charge in [-0.2, -0.15) is 9.78 Å². The first-order valence-electron chi connectivity index (χ1n) is 10.1. The Morgan fingerprint density at radius 2 is 1.93 bits per heavy atom. The lowest BCUT2D eigenvalue weighted by atomic mass is 10.2. The topological polar surface area (TPSA) is 69.0 Å². The summed E-state index contributed by atoms with van der Waals surface area (Å²) in [6.45, 7) is 3.95. The predicted octanol–water partition coefficient (Wildman–Crippen LogP) is 5.01. The van der Waals surface area contributed by atoms with Crippen molar-refractivity contribution in [2.45, 2.75) is 39.2 Å². The highest BCUT2D eigenvalue weighted by Crippen LogP contribution is 2.34. The fourth-order valence-electron chi connectivity index (χ4n) is 3.75. The number of aromatic nitrogens is 3. The Bertz CT molecular complexity index is 1190. The molecule has 1 aliphatic carbocycles. The smallest absolute Gasteiger partial charge is 0.256 e. The molecule has 0 unspecified atom stereocenters. The number of thiazole rings is 1. The van der Waals surface area contributed by atoms with Gasteiger partial charge in [0.15, 0.2) is 0 Å². The van der Waals surface area contributed by atoms with Gasteiger partial charge in [0.1, 0.15) is 11.6 Å². The van der Waals surface area contributed by atoms with Crippen molar-refractivity contribution < 1.29 is 9.53 Å². The van der Waals surface area contributed by atoms with E-state index in [-0.39, 0.29) is 12.0 Å². The van der Waals surface area contributed by atoms with Crippen LogP contribution >= 0.6 is 11.3 Å². The molecule has 2 aromatic carbocycles. The number of para-hydroxylation sites is 1. The van der Waals surface area contributed by atoms with E-state index in [9.17, 15) is 4.79 Å². The molecule has 1 N–H and O–H groups in total. The number of carbonyl (C=O) groups is 1. The first-order chi connectivity index (χ1) is 14.6. The molecule has 4 aromatic rings. The van der Waals surface area contributed by atoms with Gasteiger partial charge in [-0.05, 0) is 69.5 Å². The monoisotopic (exact) mass is 418 g/mol. The molecular formula is C23H22N4O2S. The molecule has 152 valence electrons. The molecule has 6 nitrogen and oxygen atoms in total. The zero-order valence-corrected chi connectivity index (χ0v) is 17.7. The number of hydrogen-bond acceptors (Lipinski definition) is 5. The average molecular weight is 419 g/mol. The van der Waals surface area contributed by atoms with Gasteiger partial charge in [-0.3, -0.25) is 4.79 Å². The Morgan fingerprint density at radius 1 is 1.13 bits per heavy atom. The molecule has 1 aliphatic rings. The van der Waals surface area contributed by atoms with Crippen LogP contribution in [0.5, 0.6) is 5.75 Å². The van der Waals surface area contributed by atoms with E-state index in [1.165, 1.54) is 0 Å². The molecule has 0 radical (unpaired) electrons. The van der Waals surface area contributed by atoms with Crippen LogP contribution in [0.2, 0.25) is 0 Å². The predicted molar refractivity (Wildman–Crippen MR) is 119 cm³/mol. The molecule has 0 bridgehead atoms. The van der Waals surface area contributed by atoms with Crippen LogP contribution in [-0.2, 0) is 12.8 Å². The molecule has 7 heteroatoms. The molecule has 0 atom stereocenters. The van der Waals surface area contributed by atoms with Gasteiger partial charge in [-0.25, -0.2) is 4.98 Å². The number of rotatable bonds is 5. The number of ether oxygens (including phenoxy) is 1. The van der Waals surface area contributed by atoms with E-state index in [0.717, 1.165) is 57.4 Å². The summed E-state index contributed by atoms with van der Waals surface area (Å²) in [5, 5.41) is 8.64. The maximum Gasteiger partial charge on any atom is 0.256 e. The number of amides is 1. The second kappa shape index (κ2) is 7.57. The number of nitrogens with zero attached hydrogens (tertiary/aromatic N) is 3. The summed E-state index contributed by atoms with van der Waals surface area (Å²) in [7, 11) is 0. The molecule has 2 aromatic heterocycles. The number of hydrogen-bond donors (Lipinski definition) is 1. The zero-order chi connectivity index (χ0) is 20.7. The standard InChI is InChI=1S/C23H22N4O2S/c1-14(2)29-16-12-10-15(11-13-16)22(28)25-21-17-6-5-8-18(17)26-27(21)23-24-19-7-3-4-9-20(19)30-23/h3-4,7,9-14H,5-6,8H2,1-2H3,(H,25,28). The van der Waals surface area contributed by atoms with Gasteiger partial charge < -0.3 is 10.1 Å². The average Bonchev–Trinajstić information content (AvgIpc) is 3.43. The molecular weight excluding hydrogens is 396 g/mol. The molecule has 1 amide bonds. The van der Waals surface area contributed by atoms with Crippen molar-refractivity contribution >= 4 is 33.3 Å². The molecule has 0 saturated carbocycles. The van der Waals surface area contributed by atoms with Crippen molar-refractivity contribution in [1.29, 1.82) is 0 Å². The van der Waals surface area contributed by atoms with Gasteiger partial charge in [0.2, 0.25) is 5.13 Å². The lowest BCUT2D eigenvalue weighted by molar-refractivity contribution is 0.102.